The first-order chi connectivity index (χ1) is 8.29. The van der Waals surface area contributed by atoms with Gasteiger partial charge in [-0.3, -0.25) is 0 Å². The molecule has 1 aromatic rings. The molecule has 1 saturated heterocycles. The van der Waals surface area contributed by atoms with Crippen molar-refractivity contribution in [2.45, 2.75) is 18.9 Å². The van der Waals surface area contributed by atoms with Crippen LogP contribution < -0.4 is 10.6 Å². The minimum Gasteiger partial charge on any atom is -0.399 e. The molecule has 1 aromatic carbocycles. The molecule has 4 heteroatoms. The van der Waals surface area contributed by atoms with Crippen LogP contribution in [0, 0.1) is 0 Å². The lowest BCUT2D eigenvalue weighted by atomic mass is 10.1. The maximum absolute atomic E-state index is 5.68. The third-order valence-electron chi connectivity index (χ3n) is 3.12. The summed E-state index contributed by atoms with van der Waals surface area (Å²) in [5.74, 6) is 0. The molecule has 0 bridgehead atoms. The van der Waals surface area contributed by atoms with Gasteiger partial charge in [0.1, 0.15) is 6.79 Å². The van der Waals surface area contributed by atoms with Crippen LogP contribution >= 0.6 is 0 Å². The van der Waals surface area contributed by atoms with Gasteiger partial charge in [-0.2, -0.15) is 0 Å². The second-order valence-electron chi connectivity index (χ2n) is 4.35. The summed E-state index contributed by atoms with van der Waals surface area (Å²) in [5, 5.41) is 0. The monoisotopic (exact) mass is 236 g/mol. The van der Waals surface area contributed by atoms with Gasteiger partial charge in [-0.1, -0.05) is 0 Å². The first-order valence-electron chi connectivity index (χ1n) is 6.00. The van der Waals surface area contributed by atoms with Gasteiger partial charge in [0, 0.05) is 31.6 Å². The quantitative estimate of drug-likeness (QED) is 0.640. The average molecular weight is 236 g/mol. The van der Waals surface area contributed by atoms with E-state index in [9.17, 15) is 0 Å². The van der Waals surface area contributed by atoms with Crippen LogP contribution in [0.15, 0.2) is 24.3 Å². The number of anilines is 2. The summed E-state index contributed by atoms with van der Waals surface area (Å²) >= 11 is 0. The molecule has 2 N–H and O–H groups in total. The molecule has 0 spiro atoms. The summed E-state index contributed by atoms with van der Waals surface area (Å²) in [6.45, 7) is 2.45. The van der Waals surface area contributed by atoms with E-state index in [-0.39, 0.29) is 0 Å². The third-order valence-corrected chi connectivity index (χ3v) is 3.12. The maximum Gasteiger partial charge on any atom is 0.146 e. The van der Waals surface area contributed by atoms with E-state index in [0.29, 0.717) is 12.9 Å². The molecule has 4 nitrogen and oxygen atoms in total. The van der Waals surface area contributed by atoms with Crippen molar-refractivity contribution in [1.82, 2.24) is 0 Å². The first kappa shape index (κ1) is 12.2. The van der Waals surface area contributed by atoms with Gasteiger partial charge in [-0.05, 0) is 37.1 Å². The Morgan fingerprint density at radius 1 is 1.24 bits per heavy atom. The summed E-state index contributed by atoms with van der Waals surface area (Å²) in [5.41, 5.74) is 7.73. The van der Waals surface area contributed by atoms with Crippen molar-refractivity contribution in [3.8, 4) is 0 Å². The van der Waals surface area contributed by atoms with Gasteiger partial charge in [-0.25, -0.2) is 0 Å². The predicted octanol–water partition coefficient (Wildman–Crippen LogP) is 1.86. The molecule has 94 valence electrons. The number of hydrogen-bond acceptors (Lipinski definition) is 4. The Hall–Kier alpha value is -1.26. The van der Waals surface area contributed by atoms with Crippen molar-refractivity contribution in [2.24, 2.45) is 0 Å². The number of nitrogens with zero attached hydrogens (tertiary/aromatic N) is 1. The first-order valence-corrected chi connectivity index (χ1v) is 6.00. The zero-order valence-electron chi connectivity index (χ0n) is 10.3. The zero-order chi connectivity index (χ0) is 12.1. The number of benzene rings is 1. The molecule has 17 heavy (non-hydrogen) atoms. The Bertz CT molecular complexity index is 332. The molecule has 1 heterocycles. The summed E-state index contributed by atoms with van der Waals surface area (Å²) in [4.78, 5) is 2.37. The van der Waals surface area contributed by atoms with Crippen LogP contribution in [0.25, 0.3) is 0 Å². The van der Waals surface area contributed by atoms with Gasteiger partial charge in [0.25, 0.3) is 0 Å². The zero-order valence-corrected chi connectivity index (χ0v) is 10.3. The van der Waals surface area contributed by atoms with Crippen molar-refractivity contribution in [2.75, 3.05) is 37.6 Å². The second kappa shape index (κ2) is 5.89. The lowest BCUT2D eigenvalue weighted by Crippen LogP contribution is -2.37. The normalized spacial score (nSPS) is 17.4. The molecular formula is C13H20N2O2. The molecule has 0 aliphatic carbocycles. The Kier molecular flexibility index (Phi) is 4.23. The van der Waals surface area contributed by atoms with E-state index in [0.717, 1.165) is 31.6 Å². The Labute approximate surface area is 102 Å². The van der Waals surface area contributed by atoms with Gasteiger partial charge in [-0.15, -0.1) is 0 Å². The Balaban J connectivity index is 1.84. The molecule has 0 aromatic heterocycles. The van der Waals surface area contributed by atoms with E-state index in [1.807, 2.05) is 12.1 Å². The fourth-order valence-corrected chi connectivity index (χ4v) is 2.13. The largest absolute Gasteiger partial charge is 0.399 e. The molecule has 1 aliphatic heterocycles. The number of ether oxygens (including phenoxy) is 2. The van der Waals surface area contributed by atoms with Crippen LogP contribution in [0.1, 0.15) is 12.8 Å². The molecule has 0 amide bonds. The summed E-state index contributed by atoms with van der Waals surface area (Å²) in [6.07, 6.45) is 2.43. The molecular weight excluding hydrogens is 216 g/mol. The van der Waals surface area contributed by atoms with Gasteiger partial charge in [0.05, 0.1) is 6.10 Å². The van der Waals surface area contributed by atoms with Crippen molar-refractivity contribution in [1.29, 1.82) is 0 Å². The number of piperidine rings is 1. The highest BCUT2D eigenvalue weighted by atomic mass is 16.7. The number of methoxy groups -OCH3 is 1. The number of hydrogen-bond donors (Lipinski definition) is 1. The molecule has 2 rings (SSSR count). The van der Waals surface area contributed by atoms with E-state index >= 15 is 0 Å². The number of nitrogens with two attached hydrogens (primary N) is 1. The highest BCUT2D eigenvalue weighted by molar-refractivity contribution is 5.53. The maximum atomic E-state index is 5.68. The predicted molar refractivity (Wildman–Crippen MR) is 69.1 cm³/mol. The summed E-state index contributed by atoms with van der Waals surface area (Å²) in [7, 11) is 1.66. The minimum absolute atomic E-state index is 0.333. The van der Waals surface area contributed by atoms with E-state index in [1.165, 1.54) is 5.69 Å². The fraction of sp³-hybridized carbons (Fsp3) is 0.538. The molecule has 1 aliphatic rings. The van der Waals surface area contributed by atoms with Crippen molar-refractivity contribution in [3.05, 3.63) is 24.3 Å². The highest BCUT2D eigenvalue weighted by Gasteiger charge is 2.19. The van der Waals surface area contributed by atoms with Crippen LogP contribution in [0.4, 0.5) is 11.4 Å². The van der Waals surface area contributed by atoms with Crippen molar-refractivity contribution < 1.29 is 9.47 Å². The topological polar surface area (TPSA) is 47.7 Å². The summed E-state index contributed by atoms with van der Waals surface area (Å²) < 4.78 is 10.5. The van der Waals surface area contributed by atoms with Crippen molar-refractivity contribution in [3.63, 3.8) is 0 Å². The van der Waals surface area contributed by atoms with Gasteiger partial charge >= 0.3 is 0 Å². The second-order valence-corrected chi connectivity index (χ2v) is 4.35. The van der Waals surface area contributed by atoms with Crippen LogP contribution in [0.3, 0.4) is 0 Å². The highest BCUT2D eigenvalue weighted by Crippen LogP contribution is 2.22. The number of rotatable bonds is 4. The SMILES string of the molecule is COCOC1CCN(c2ccc(N)cc2)CC1. The van der Waals surface area contributed by atoms with Gasteiger partial charge in [0.15, 0.2) is 0 Å². The smallest absolute Gasteiger partial charge is 0.146 e. The van der Waals surface area contributed by atoms with Crippen LogP contribution in [-0.2, 0) is 9.47 Å². The summed E-state index contributed by atoms with van der Waals surface area (Å²) in [6, 6.07) is 8.04. The van der Waals surface area contributed by atoms with Crippen molar-refractivity contribution >= 4 is 11.4 Å². The lowest BCUT2D eigenvalue weighted by Gasteiger charge is -2.33. The molecule has 0 radical (unpaired) electrons. The average Bonchev–Trinajstić information content (AvgIpc) is 2.38. The lowest BCUT2D eigenvalue weighted by molar-refractivity contribution is -0.0780. The van der Waals surface area contributed by atoms with Crippen LogP contribution in [0.2, 0.25) is 0 Å². The fourth-order valence-electron chi connectivity index (χ4n) is 2.13. The minimum atomic E-state index is 0.333. The third kappa shape index (κ3) is 3.35. The van der Waals surface area contributed by atoms with Crippen LogP contribution in [-0.4, -0.2) is 33.1 Å². The van der Waals surface area contributed by atoms with E-state index in [1.54, 1.807) is 7.11 Å². The Morgan fingerprint density at radius 2 is 1.88 bits per heavy atom. The van der Waals surface area contributed by atoms with E-state index in [2.05, 4.69) is 17.0 Å². The van der Waals surface area contributed by atoms with Crippen LogP contribution in [0.5, 0.6) is 0 Å². The van der Waals surface area contributed by atoms with E-state index < -0.39 is 0 Å². The molecule has 0 unspecified atom stereocenters. The van der Waals surface area contributed by atoms with Gasteiger partial charge < -0.3 is 20.1 Å². The molecule has 0 atom stereocenters. The standard InChI is InChI=1S/C13H20N2O2/c1-16-10-17-13-6-8-15(9-7-13)12-4-2-11(14)3-5-12/h2-5,13H,6-10,14H2,1H3. The Morgan fingerprint density at radius 3 is 2.47 bits per heavy atom. The number of nitrogen functional groups attached to an aromatic ring is 1. The molecule has 0 saturated carbocycles. The van der Waals surface area contributed by atoms with Gasteiger partial charge in [0.2, 0.25) is 0 Å². The molecule has 1 fully saturated rings. The van der Waals surface area contributed by atoms with E-state index in [4.69, 9.17) is 15.2 Å².